The minimum Gasteiger partial charge on any atom is -0.508 e. The van der Waals surface area contributed by atoms with Gasteiger partial charge in [0.25, 0.3) is 0 Å². The molecular weight excluding hydrogens is 291 g/mol. The molecule has 2 nitrogen and oxygen atoms in total. The maximum absolute atomic E-state index is 15.2. The zero-order valence-corrected chi connectivity index (χ0v) is 14.0. The van der Waals surface area contributed by atoms with Crippen molar-refractivity contribution in [3.8, 4) is 5.75 Å². The fraction of sp³-hybridized carbons (Fsp3) is 0.700. The second-order valence-electron chi connectivity index (χ2n) is 8.35. The Morgan fingerprint density at radius 2 is 2.09 bits per heavy atom. The quantitative estimate of drug-likeness (QED) is 0.815. The van der Waals surface area contributed by atoms with Crippen molar-refractivity contribution in [1.29, 1.82) is 0 Å². The highest BCUT2D eigenvalue weighted by atomic mass is 19.1. The molecule has 0 amide bonds. The summed E-state index contributed by atoms with van der Waals surface area (Å²) >= 11 is 0. The molecule has 0 unspecified atom stereocenters. The van der Waals surface area contributed by atoms with Gasteiger partial charge in [0.05, 0.1) is 6.10 Å². The third kappa shape index (κ3) is 2.15. The molecule has 2 fully saturated rings. The van der Waals surface area contributed by atoms with Gasteiger partial charge in [-0.3, -0.25) is 0 Å². The van der Waals surface area contributed by atoms with Crippen LogP contribution in [0.1, 0.15) is 56.6 Å². The van der Waals surface area contributed by atoms with Gasteiger partial charge in [0.2, 0.25) is 0 Å². The molecule has 0 aromatic heterocycles. The fourth-order valence-electron chi connectivity index (χ4n) is 6.41. The average molecular weight is 318 g/mol. The highest BCUT2D eigenvalue weighted by Gasteiger charge is 2.59. The molecule has 2 N–H and O–H groups in total. The van der Waals surface area contributed by atoms with E-state index in [-0.39, 0.29) is 23.2 Å². The molecule has 0 spiro atoms. The number of aliphatic hydroxyl groups is 1. The highest BCUT2D eigenvalue weighted by Crippen LogP contribution is 2.63. The Labute approximate surface area is 137 Å². The first-order valence-corrected chi connectivity index (χ1v) is 9.08. The summed E-state index contributed by atoms with van der Waals surface area (Å²) in [5, 5.41) is 20.3. The van der Waals surface area contributed by atoms with Gasteiger partial charge in [0, 0.05) is 5.92 Å². The van der Waals surface area contributed by atoms with Crippen LogP contribution < -0.4 is 0 Å². The normalized spacial score (nSPS) is 45.2. The van der Waals surface area contributed by atoms with Gasteiger partial charge in [0.15, 0.2) is 0 Å². The first-order valence-electron chi connectivity index (χ1n) is 9.08. The van der Waals surface area contributed by atoms with Gasteiger partial charge in [-0.1, -0.05) is 26.3 Å². The lowest BCUT2D eigenvalue weighted by Crippen LogP contribution is -2.47. The summed E-state index contributed by atoms with van der Waals surface area (Å²) < 4.78 is 15.2. The van der Waals surface area contributed by atoms with Gasteiger partial charge in [-0.25, -0.2) is 4.39 Å². The average Bonchev–Trinajstić information content (AvgIpc) is 2.75. The Bertz CT molecular complexity index is 616. The van der Waals surface area contributed by atoms with Crippen molar-refractivity contribution in [2.24, 2.45) is 23.2 Å². The number of hydrogen-bond acceptors (Lipinski definition) is 2. The molecule has 0 aliphatic heterocycles. The molecule has 23 heavy (non-hydrogen) atoms. The summed E-state index contributed by atoms with van der Waals surface area (Å²) in [7, 11) is 0. The molecule has 1 aromatic rings. The van der Waals surface area contributed by atoms with Crippen molar-refractivity contribution in [1.82, 2.24) is 0 Å². The van der Waals surface area contributed by atoms with Gasteiger partial charge < -0.3 is 10.2 Å². The largest absolute Gasteiger partial charge is 0.508 e. The summed E-state index contributed by atoms with van der Waals surface area (Å²) in [6, 6.07) is 5.44. The van der Waals surface area contributed by atoms with E-state index in [1.54, 1.807) is 6.07 Å². The van der Waals surface area contributed by atoms with E-state index >= 15 is 4.39 Å². The summed E-state index contributed by atoms with van der Waals surface area (Å²) in [5.41, 5.74) is 2.16. The molecule has 3 aliphatic carbocycles. The number of hydrogen-bond donors (Lipinski definition) is 2. The summed E-state index contributed by atoms with van der Waals surface area (Å²) in [6.07, 6.45) is 3.07. The third-order valence-corrected chi connectivity index (χ3v) is 7.11. The van der Waals surface area contributed by atoms with Crippen LogP contribution in [0.5, 0.6) is 5.75 Å². The standard InChI is InChI=1S/C20H27FO2/c1-3-13-17(23)10-20(2)9-16(21)18-14-7-5-12(22)8-11(14)4-6-15(18)19(13)20/h5,7-8,13,15-19,22-23H,3-4,6,9-10H2,1-2H3/t13-,15+,16-,17+,18+,19-,20+/m0/s1. The minimum atomic E-state index is -0.840. The van der Waals surface area contributed by atoms with Crippen LogP contribution in [-0.4, -0.2) is 22.5 Å². The van der Waals surface area contributed by atoms with Crippen LogP contribution in [0, 0.1) is 23.2 Å². The SMILES string of the molecule is CC[C@@H]1[C@H]2[C@@H]3CCc4cc(O)ccc4[C@H]3[C@@H](F)C[C@]2(C)C[C@H]1O. The number of halogens is 1. The van der Waals surface area contributed by atoms with Crippen LogP contribution in [-0.2, 0) is 6.42 Å². The molecule has 0 heterocycles. The van der Waals surface area contributed by atoms with Crippen LogP contribution in [0.25, 0.3) is 0 Å². The zero-order valence-electron chi connectivity index (χ0n) is 14.0. The van der Waals surface area contributed by atoms with Gasteiger partial charge in [-0.2, -0.15) is 0 Å². The number of aliphatic hydroxyl groups excluding tert-OH is 1. The van der Waals surface area contributed by atoms with E-state index in [0.717, 1.165) is 36.8 Å². The Balaban J connectivity index is 1.77. The highest BCUT2D eigenvalue weighted by molar-refractivity contribution is 5.41. The van der Waals surface area contributed by atoms with Crippen LogP contribution in [0.3, 0.4) is 0 Å². The molecular formula is C20H27FO2. The lowest BCUT2D eigenvalue weighted by atomic mass is 9.53. The second kappa shape index (κ2) is 5.20. The smallest absolute Gasteiger partial charge is 0.115 e. The van der Waals surface area contributed by atoms with Crippen molar-refractivity contribution < 1.29 is 14.6 Å². The monoisotopic (exact) mass is 318 g/mol. The molecule has 126 valence electrons. The molecule has 7 atom stereocenters. The lowest BCUT2D eigenvalue weighted by Gasteiger charge is -2.52. The van der Waals surface area contributed by atoms with Gasteiger partial charge in [0.1, 0.15) is 11.9 Å². The second-order valence-corrected chi connectivity index (χ2v) is 8.35. The lowest BCUT2D eigenvalue weighted by molar-refractivity contribution is -0.0183. The first kappa shape index (κ1) is 15.4. The van der Waals surface area contributed by atoms with Crippen LogP contribution in [0.15, 0.2) is 18.2 Å². The number of fused-ring (bicyclic) bond motifs is 5. The van der Waals surface area contributed by atoms with Crippen molar-refractivity contribution in [2.75, 3.05) is 0 Å². The van der Waals surface area contributed by atoms with Crippen molar-refractivity contribution in [2.45, 2.75) is 64.1 Å². The van der Waals surface area contributed by atoms with Crippen LogP contribution in [0.2, 0.25) is 0 Å². The number of aryl methyl sites for hydroxylation is 1. The fourth-order valence-corrected chi connectivity index (χ4v) is 6.41. The van der Waals surface area contributed by atoms with E-state index in [4.69, 9.17) is 0 Å². The molecule has 3 aliphatic rings. The minimum absolute atomic E-state index is 0.0585. The van der Waals surface area contributed by atoms with Gasteiger partial charge in [-0.15, -0.1) is 0 Å². The number of rotatable bonds is 1. The molecule has 2 saturated carbocycles. The van der Waals surface area contributed by atoms with E-state index in [2.05, 4.69) is 13.8 Å². The number of benzene rings is 1. The molecule has 1 aromatic carbocycles. The number of phenolic OH excluding ortho intramolecular Hbond substituents is 1. The summed E-state index contributed by atoms with van der Waals surface area (Å²) in [6.45, 7) is 4.36. The number of alkyl halides is 1. The van der Waals surface area contributed by atoms with Crippen molar-refractivity contribution in [3.05, 3.63) is 29.3 Å². The van der Waals surface area contributed by atoms with E-state index < -0.39 is 6.17 Å². The predicted molar refractivity (Wildman–Crippen MR) is 88.2 cm³/mol. The summed E-state index contributed by atoms with van der Waals surface area (Å²) in [5.74, 6) is 1.26. The Hall–Kier alpha value is -1.09. The van der Waals surface area contributed by atoms with Crippen LogP contribution >= 0.6 is 0 Å². The Morgan fingerprint density at radius 1 is 1.30 bits per heavy atom. The maximum Gasteiger partial charge on any atom is 0.115 e. The predicted octanol–water partition coefficient (Wildman–Crippen LogP) is 4.19. The van der Waals surface area contributed by atoms with E-state index in [1.807, 2.05) is 12.1 Å². The topological polar surface area (TPSA) is 40.5 Å². The van der Waals surface area contributed by atoms with Gasteiger partial charge >= 0.3 is 0 Å². The first-order chi connectivity index (χ1) is 10.9. The Kier molecular flexibility index (Phi) is 3.49. The van der Waals surface area contributed by atoms with E-state index in [0.29, 0.717) is 24.2 Å². The van der Waals surface area contributed by atoms with E-state index in [1.165, 1.54) is 0 Å². The van der Waals surface area contributed by atoms with E-state index in [9.17, 15) is 10.2 Å². The van der Waals surface area contributed by atoms with Crippen LogP contribution in [0.4, 0.5) is 4.39 Å². The molecule has 0 bridgehead atoms. The number of phenols is 1. The number of aromatic hydroxyl groups is 1. The van der Waals surface area contributed by atoms with Gasteiger partial charge in [-0.05, 0) is 72.1 Å². The zero-order chi connectivity index (χ0) is 16.4. The maximum atomic E-state index is 15.2. The van der Waals surface area contributed by atoms with Crippen molar-refractivity contribution >= 4 is 0 Å². The van der Waals surface area contributed by atoms with Crippen molar-refractivity contribution in [3.63, 3.8) is 0 Å². The molecule has 0 saturated heterocycles. The third-order valence-electron chi connectivity index (χ3n) is 7.11. The molecule has 0 radical (unpaired) electrons. The molecule has 4 rings (SSSR count). The molecule has 3 heteroatoms. The summed E-state index contributed by atoms with van der Waals surface area (Å²) in [4.78, 5) is 0. The Morgan fingerprint density at radius 3 is 2.83 bits per heavy atom.